The third-order valence-electron chi connectivity index (χ3n) is 5.32. The summed E-state index contributed by atoms with van der Waals surface area (Å²) >= 11 is 0. The molecule has 32 heavy (non-hydrogen) atoms. The van der Waals surface area contributed by atoms with Gasteiger partial charge in [0.25, 0.3) is 0 Å². The molecular formula is C23H26N2O7. The maximum Gasteiger partial charge on any atom is 0.407 e. The van der Waals surface area contributed by atoms with Crippen molar-refractivity contribution in [2.24, 2.45) is 0 Å². The van der Waals surface area contributed by atoms with E-state index in [1.807, 2.05) is 48.5 Å². The van der Waals surface area contributed by atoms with Crippen molar-refractivity contribution in [1.82, 2.24) is 10.6 Å². The van der Waals surface area contributed by atoms with Crippen LogP contribution in [0.25, 0.3) is 11.1 Å². The van der Waals surface area contributed by atoms with E-state index in [2.05, 4.69) is 10.6 Å². The molecular weight excluding hydrogens is 416 g/mol. The van der Waals surface area contributed by atoms with Gasteiger partial charge in [0.1, 0.15) is 18.2 Å². The predicted octanol–water partition coefficient (Wildman–Crippen LogP) is 1.23. The van der Waals surface area contributed by atoms with Crippen LogP contribution in [0.5, 0.6) is 0 Å². The third kappa shape index (κ3) is 5.43. The van der Waals surface area contributed by atoms with Crippen molar-refractivity contribution in [2.45, 2.75) is 30.9 Å². The molecule has 0 saturated heterocycles. The third-order valence-corrected chi connectivity index (χ3v) is 5.32. The number of aliphatic carboxylic acids is 1. The molecule has 170 valence electrons. The number of hydrogen-bond donors (Lipinski definition) is 5. The predicted molar refractivity (Wildman–Crippen MR) is 115 cm³/mol. The number of carbonyl (C=O) groups is 3. The number of fused-ring (bicyclic) bond motifs is 3. The molecule has 2 aromatic rings. The van der Waals surface area contributed by atoms with Crippen molar-refractivity contribution in [3.05, 3.63) is 59.7 Å². The molecule has 0 radical (unpaired) electrons. The number of aliphatic hydroxyl groups is 2. The molecule has 1 aliphatic carbocycles. The number of carboxylic acid groups (broad SMARTS) is 1. The SMILES string of the molecule is CC(O)(CO)CNC(=O)C(CC(=O)O)NC(=O)OCC1c2ccccc2-c2ccccc21. The summed E-state index contributed by atoms with van der Waals surface area (Å²) < 4.78 is 5.36. The van der Waals surface area contributed by atoms with Crippen LogP contribution in [0.4, 0.5) is 4.79 Å². The number of ether oxygens (including phenoxy) is 1. The highest BCUT2D eigenvalue weighted by molar-refractivity contribution is 5.89. The van der Waals surface area contributed by atoms with Crippen LogP contribution in [0.1, 0.15) is 30.4 Å². The molecule has 0 heterocycles. The Labute approximate surface area is 185 Å². The van der Waals surface area contributed by atoms with Crippen LogP contribution in [0.2, 0.25) is 0 Å². The lowest BCUT2D eigenvalue weighted by Crippen LogP contribution is -2.52. The summed E-state index contributed by atoms with van der Waals surface area (Å²) in [7, 11) is 0. The fraction of sp³-hybridized carbons (Fsp3) is 0.348. The van der Waals surface area contributed by atoms with Crippen LogP contribution < -0.4 is 10.6 Å². The topological polar surface area (TPSA) is 145 Å². The molecule has 1 aliphatic rings. The largest absolute Gasteiger partial charge is 0.481 e. The van der Waals surface area contributed by atoms with Crippen LogP contribution in [0, 0.1) is 0 Å². The first-order valence-corrected chi connectivity index (χ1v) is 10.2. The van der Waals surface area contributed by atoms with Crippen LogP contribution in [0.15, 0.2) is 48.5 Å². The van der Waals surface area contributed by atoms with Gasteiger partial charge >= 0.3 is 12.1 Å². The lowest BCUT2D eigenvalue weighted by atomic mass is 9.98. The average molecular weight is 442 g/mol. The smallest absolute Gasteiger partial charge is 0.407 e. The van der Waals surface area contributed by atoms with Gasteiger partial charge in [0, 0.05) is 12.5 Å². The van der Waals surface area contributed by atoms with Crippen molar-refractivity contribution >= 4 is 18.0 Å². The van der Waals surface area contributed by atoms with Gasteiger partial charge in [-0.2, -0.15) is 0 Å². The van der Waals surface area contributed by atoms with Gasteiger partial charge in [-0.05, 0) is 29.2 Å². The minimum absolute atomic E-state index is 0.0144. The number of amides is 2. The van der Waals surface area contributed by atoms with Gasteiger partial charge in [0.05, 0.1) is 13.0 Å². The molecule has 2 unspecified atom stereocenters. The quantitative estimate of drug-likeness (QED) is 0.393. The van der Waals surface area contributed by atoms with Gasteiger partial charge in [-0.1, -0.05) is 48.5 Å². The summed E-state index contributed by atoms with van der Waals surface area (Å²) in [6.45, 7) is 0.403. The highest BCUT2D eigenvalue weighted by Crippen LogP contribution is 2.44. The number of carboxylic acids is 1. The standard InChI is InChI=1S/C23H26N2O7/c1-23(31,13-26)12-24-21(29)19(10-20(27)28)25-22(30)32-11-18-16-8-4-2-6-14(16)15-7-3-5-9-17(15)18/h2-9,18-19,26,31H,10-13H2,1H3,(H,24,29)(H,25,30)(H,27,28). The number of aliphatic hydroxyl groups excluding tert-OH is 1. The Hall–Kier alpha value is -3.43. The number of carbonyl (C=O) groups excluding carboxylic acids is 2. The zero-order valence-corrected chi connectivity index (χ0v) is 17.6. The average Bonchev–Trinajstić information content (AvgIpc) is 3.09. The Morgan fingerprint density at radius 2 is 1.62 bits per heavy atom. The summed E-state index contributed by atoms with van der Waals surface area (Å²) in [6.07, 6.45) is -1.60. The van der Waals surface area contributed by atoms with E-state index in [0.717, 1.165) is 22.3 Å². The maximum atomic E-state index is 12.4. The molecule has 3 rings (SSSR count). The first kappa shape index (κ1) is 23.2. The number of alkyl carbamates (subject to hydrolysis) is 1. The monoisotopic (exact) mass is 442 g/mol. The second-order valence-corrected chi connectivity index (χ2v) is 7.99. The minimum atomic E-state index is -1.58. The molecule has 2 atom stereocenters. The highest BCUT2D eigenvalue weighted by atomic mass is 16.5. The van der Waals surface area contributed by atoms with Gasteiger partial charge < -0.3 is 30.7 Å². The fourth-order valence-corrected chi connectivity index (χ4v) is 3.62. The molecule has 0 aromatic heterocycles. The van der Waals surface area contributed by atoms with Gasteiger partial charge in [0.15, 0.2) is 0 Å². The molecule has 5 N–H and O–H groups in total. The lowest BCUT2D eigenvalue weighted by Gasteiger charge is -2.23. The maximum absolute atomic E-state index is 12.4. The van der Waals surface area contributed by atoms with Crippen molar-refractivity contribution in [3.63, 3.8) is 0 Å². The molecule has 9 heteroatoms. The van der Waals surface area contributed by atoms with Crippen LogP contribution in [-0.2, 0) is 14.3 Å². The zero-order valence-electron chi connectivity index (χ0n) is 17.6. The number of rotatable bonds is 9. The van der Waals surface area contributed by atoms with E-state index in [4.69, 9.17) is 14.9 Å². The first-order valence-electron chi connectivity index (χ1n) is 10.2. The molecule has 0 spiro atoms. The Kier molecular flexibility index (Phi) is 7.12. The molecule has 9 nitrogen and oxygen atoms in total. The Bertz CT molecular complexity index is 960. The molecule has 0 aliphatic heterocycles. The van der Waals surface area contributed by atoms with Gasteiger partial charge in [-0.25, -0.2) is 4.79 Å². The number of benzene rings is 2. The van der Waals surface area contributed by atoms with E-state index in [1.165, 1.54) is 6.92 Å². The summed E-state index contributed by atoms with van der Waals surface area (Å²) in [4.78, 5) is 35.8. The van der Waals surface area contributed by atoms with Gasteiger partial charge in [0.2, 0.25) is 5.91 Å². The first-order chi connectivity index (χ1) is 15.2. The minimum Gasteiger partial charge on any atom is -0.481 e. The van der Waals surface area contributed by atoms with Crippen LogP contribution in [0.3, 0.4) is 0 Å². The van der Waals surface area contributed by atoms with E-state index < -0.39 is 42.6 Å². The second-order valence-electron chi connectivity index (χ2n) is 7.99. The van der Waals surface area contributed by atoms with E-state index in [1.54, 1.807) is 0 Å². The van der Waals surface area contributed by atoms with Gasteiger partial charge in [-0.15, -0.1) is 0 Å². The summed E-state index contributed by atoms with van der Waals surface area (Å²) in [5, 5.41) is 32.5. The number of hydrogen-bond acceptors (Lipinski definition) is 6. The van der Waals surface area contributed by atoms with E-state index in [9.17, 15) is 19.5 Å². The summed E-state index contributed by atoms with van der Waals surface area (Å²) in [5.41, 5.74) is 2.60. The van der Waals surface area contributed by atoms with E-state index in [0.29, 0.717) is 0 Å². The fourth-order valence-electron chi connectivity index (χ4n) is 3.62. The summed E-state index contributed by atoms with van der Waals surface area (Å²) in [5.74, 6) is -2.29. The Balaban J connectivity index is 1.64. The second kappa shape index (κ2) is 9.80. The lowest BCUT2D eigenvalue weighted by molar-refractivity contribution is -0.140. The zero-order chi connectivity index (χ0) is 23.3. The van der Waals surface area contributed by atoms with Gasteiger partial charge in [-0.3, -0.25) is 9.59 Å². The normalized spacial score (nSPS) is 15.1. The Morgan fingerprint density at radius 3 is 2.16 bits per heavy atom. The van der Waals surface area contributed by atoms with Crippen molar-refractivity contribution in [2.75, 3.05) is 19.8 Å². The van der Waals surface area contributed by atoms with E-state index >= 15 is 0 Å². The number of nitrogens with one attached hydrogen (secondary N) is 2. The molecule has 0 saturated carbocycles. The molecule has 2 aromatic carbocycles. The molecule has 2 amide bonds. The molecule has 0 fully saturated rings. The van der Waals surface area contributed by atoms with Crippen LogP contribution >= 0.6 is 0 Å². The van der Waals surface area contributed by atoms with E-state index in [-0.39, 0.29) is 19.1 Å². The van der Waals surface area contributed by atoms with Crippen LogP contribution in [-0.4, -0.2) is 64.7 Å². The van der Waals surface area contributed by atoms with Crippen molar-refractivity contribution in [3.8, 4) is 11.1 Å². The highest BCUT2D eigenvalue weighted by Gasteiger charge is 2.31. The van der Waals surface area contributed by atoms with Crippen molar-refractivity contribution in [1.29, 1.82) is 0 Å². The molecule has 0 bridgehead atoms. The van der Waals surface area contributed by atoms with Crippen molar-refractivity contribution < 1.29 is 34.4 Å². The Morgan fingerprint density at radius 1 is 1.06 bits per heavy atom. The summed E-state index contributed by atoms with van der Waals surface area (Å²) in [6, 6.07) is 14.2.